The molecule has 116 valence electrons. The first-order chi connectivity index (χ1) is 10.1. The first-order valence-electron chi connectivity index (χ1n) is 8.71. The van der Waals surface area contributed by atoms with Crippen LogP contribution < -0.4 is 5.73 Å². The molecule has 3 atom stereocenters. The molecule has 0 aromatic heterocycles. The molecule has 21 heavy (non-hydrogen) atoms. The number of hydrogen-bond donors (Lipinski definition) is 1. The van der Waals surface area contributed by atoms with Gasteiger partial charge in [-0.25, -0.2) is 0 Å². The molecule has 2 nitrogen and oxygen atoms in total. The monoisotopic (exact) mass is 286 g/mol. The van der Waals surface area contributed by atoms with E-state index in [-0.39, 0.29) is 6.04 Å². The molecule has 2 aliphatic rings. The van der Waals surface area contributed by atoms with Gasteiger partial charge in [-0.05, 0) is 57.6 Å². The van der Waals surface area contributed by atoms with Crippen LogP contribution in [-0.4, -0.2) is 24.0 Å². The summed E-state index contributed by atoms with van der Waals surface area (Å²) in [4.78, 5) is 2.73. The summed E-state index contributed by atoms with van der Waals surface area (Å²) >= 11 is 0. The summed E-state index contributed by atoms with van der Waals surface area (Å²) in [7, 11) is 0. The Kier molecular flexibility index (Phi) is 4.66. The summed E-state index contributed by atoms with van der Waals surface area (Å²) in [5.74, 6) is 0.983. The number of hydrogen-bond acceptors (Lipinski definition) is 2. The molecule has 1 aliphatic heterocycles. The molecule has 3 unspecified atom stereocenters. The minimum Gasteiger partial charge on any atom is -0.324 e. The van der Waals surface area contributed by atoms with Crippen LogP contribution in [0.2, 0.25) is 0 Å². The maximum atomic E-state index is 6.45. The van der Waals surface area contributed by atoms with Gasteiger partial charge < -0.3 is 10.6 Å². The molecule has 1 saturated heterocycles. The Morgan fingerprint density at radius 1 is 1.10 bits per heavy atom. The van der Waals surface area contributed by atoms with Gasteiger partial charge in [0.25, 0.3) is 0 Å². The SMILES string of the molecule is Cc1cc(C)cc(C(N)CCN2CCC3CCCCC32)c1. The number of nitrogens with zero attached hydrogens (tertiary/aromatic N) is 1. The summed E-state index contributed by atoms with van der Waals surface area (Å²) in [5.41, 5.74) is 10.4. The van der Waals surface area contributed by atoms with E-state index < -0.39 is 0 Å². The fraction of sp³-hybridized carbons (Fsp3) is 0.684. The van der Waals surface area contributed by atoms with Gasteiger partial charge in [-0.2, -0.15) is 0 Å². The average molecular weight is 286 g/mol. The van der Waals surface area contributed by atoms with Crippen molar-refractivity contribution in [2.24, 2.45) is 11.7 Å². The van der Waals surface area contributed by atoms with Crippen molar-refractivity contribution in [3.8, 4) is 0 Å². The predicted octanol–water partition coefficient (Wildman–Crippen LogP) is 3.96. The Morgan fingerprint density at radius 2 is 1.81 bits per heavy atom. The fourth-order valence-corrected chi connectivity index (χ4v) is 4.48. The minimum absolute atomic E-state index is 0.186. The van der Waals surface area contributed by atoms with Crippen molar-refractivity contribution in [3.05, 3.63) is 34.9 Å². The molecule has 2 fully saturated rings. The first-order valence-corrected chi connectivity index (χ1v) is 8.71. The number of likely N-dealkylation sites (tertiary alicyclic amines) is 1. The van der Waals surface area contributed by atoms with Crippen molar-refractivity contribution in [2.45, 2.75) is 64.5 Å². The molecule has 3 rings (SSSR count). The highest BCUT2D eigenvalue weighted by Gasteiger charge is 2.35. The molecule has 2 N–H and O–H groups in total. The van der Waals surface area contributed by atoms with Gasteiger partial charge in [0.15, 0.2) is 0 Å². The first kappa shape index (κ1) is 15.1. The van der Waals surface area contributed by atoms with Gasteiger partial charge in [-0.3, -0.25) is 0 Å². The van der Waals surface area contributed by atoms with Crippen molar-refractivity contribution in [3.63, 3.8) is 0 Å². The molecular formula is C19H30N2. The zero-order valence-electron chi connectivity index (χ0n) is 13.6. The number of aryl methyl sites for hydroxylation is 2. The van der Waals surface area contributed by atoms with Gasteiger partial charge in [-0.1, -0.05) is 42.2 Å². The van der Waals surface area contributed by atoms with Crippen molar-refractivity contribution < 1.29 is 0 Å². The van der Waals surface area contributed by atoms with Crippen molar-refractivity contribution in [1.29, 1.82) is 0 Å². The zero-order valence-corrected chi connectivity index (χ0v) is 13.6. The molecule has 1 saturated carbocycles. The standard InChI is InChI=1S/C19H30N2/c1-14-11-15(2)13-17(12-14)18(20)8-10-21-9-7-16-5-3-4-6-19(16)21/h11-13,16,18-19H,3-10,20H2,1-2H3. The number of benzene rings is 1. The predicted molar refractivity (Wildman–Crippen MR) is 89.4 cm³/mol. The lowest BCUT2D eigenvalue weighted by Crippen LogP contribution is -2.36. The summed E-state index contributed by atoms with van der Waals surface area (Å²) in [6.07, 6.45) is 8.28. The lowest BCUT2D eigenvalue weighted by Gasteiger charge is -2.32. The van der Waals surface area contributed by atoms with Crippen molar-refractivity contribution >= 4 is 0 Å². The highest BCUT2D eigenvalue weighted by atomic mass is 15.2. The topological polar surface area (TPSA) is 29.3 Å². The Balaban J connectivity index is 1.57. The quantitative estimate of drug-likeness (QED) is 0.908. The van der Waals surface area contributed by atoms with Crippen LogP contribution in [0.15, 0.2) is 18.2 Å². The Bertz CT molecular complexity index is 462. The van der Waals surface area contributed by atoms with Crippen LogP contribution in [0.25, 0.3) is 0 Å². The fourth-order valence-electron chi connectivity index (χ4n) is 4.48. The van der Waals surface area contributed by atoms with Crippen LogP contribution in [0, 0.1) is 19.8 Å². The Morgan fingerprint density at radius 3 is 2.57 bits per heavy atom. The van der Waals surface area contributed by atoms with Crippen LogP contribution >= 0.6 is 0 Å². The van der Waals surface area contributed by atoms with Crippen LogP contribution in [0.4, 0.5) is 0 Å². The second kappa shape index (κ2) is 6.50. The summed E-state index contributed by atoms with van der Waals surface area (Å²) < 4.78 is 0. The number of rotatable bonds is 4. The molecule has 1 heterocycles. The molecule has 0 spiro atoms. The molecule has 0 radical (unpaired) electrons. The third-order valence-electron chi connectivity index (χ3n) is 5.52. The van der Waals surface area contributed by atoms with E-state index in [1.54, 1.807) is 0 Å². The van der Waals surface area contributed by atoms with E-state index in [1.165, 1.54) is 61.9 Å². The van der Waals surface area contributed by atoms with Gasteiger partial charge >= 0.3 is 0 Å². The molecule has 0 bridgehead atoms. The molecule has 1 aliphatic carbocycles. The van der Waals surface area contributed by atoms with Gasteiger partial charge in [0.1, 0.15) is 0 Å². The molecule has 1 aromatic carbocycles. The van der Waals surface area contributed by atoms with Crippen molar-refractivity contribution in [1.82, 2.24) is 4.90 Å². The smallest absolute Gasteiger partial charge is 0.0307 e. The van der Waals surface area contributed by atoms with Gasteiger partial charge in [0.2, 0.25) is 0 Å². The normalized spacial score (nSPS) is 27.6. The lowest BCUT2D eigenvalue weighted by atomic mass is 9.85. The molecule has 0 amide bonds. The van der Waals surface area contributed by atoms with Crippen LogP contribution in [-0.2, 0) is 0 Å². The van der Waals surface area contributed by atoms with Gasteiger partial charge in [0, 0.05) is 18.6 Å². The summed E-state index contributed by atoms with van der Waals surface area (Å²) in [6.45, 7) is 6.80. The van der Waals surface area contributed by atoms with Crippen LogP contribution in [0.3, 0.4) is 0 Å². The maximum Gasteiger partial charge on any atom is 0.0307 e. The molecule has 2 heteroatoms. The minimum atomic E-state index is 0.186. The maximum absolute atomic E-state index is 6.45. The van der Waals surface area contributed by atoms with E-state index in [0.717, 1.165) is 18.4 Å². The van der Waals surface area contributed by atoms with Crippen molar-refractivity contribution in [2.75, 3.05) is 13.1 Å². The highest BCUT2D eigenvalue weighted by Crippen LogP contribution is 2.36. The summed E-state index contributed by atoms with van der Waals surface area (Å²) in [5, 5.41) is 0. The average Bonchev–Trinajstić information content (AvgIpc) is 2.87. The van der Waals surface area contributed by atoms with Crippen LogP contribution in [0.5, 0.6) is 0 Å². The van der Waals surface area contributed by atoms with E-state index in [4.69, 9.17) is 5.73 Å². The second-order valence-electron chi connectivity index (χ2n) is 7.25. The lowest BCUT2D eigenvalue weighted by molar-refractivity contribution is 0.178. The van der Waals surface area contributed by atoms with E-state index in [2.05, 4.69) is 36.9 Å². The van der Waals surface area contributed by atoms with E-state index in [9.17, 15) is 0 Å². The van der Waals surface area contributed by atoms with E-state index in [1.807, 2.05) is 0 Å². The third kappa shape index (κ3) is 3.49. The molecule has 1 aromatic rings. The number of fused-ring (bicyclic) bond motifs is 1. The van der Waals surface area contributed by atoms with E-state index in [0.29, 0.717) is 0 Å². The number of nitrogens with two attached hydrogens (primary N) is 1. The highest BCUT2D eigenvalue weighted by molar-refractivity contribution is 5.30. The van der Waals surface area contributed by atoms with Gasteiger partial charge in [0.05, 0.1) is 0 Å². The zero-order chi connectivity index (χ0) is 14.8. The Hall–Kier alpha value is -0.860. The van der Waals surface area contributed by atoms with Crippen LogP contribution in [0.1, 0.15) is 61.3 Å². The largest absolute Gasteiger partial charge is 0.324 e. The Labute approximate surface area is 129 Å². The third-order valence-corrected chi connectivity index (χ3v) is 5.52. The second-order valence-corrected chi connectivity index (χ2v) is 7.25. The summed E-state index contributed by atoms with van der Waals surface area (Å²) in [6, 6.07) is 7.79. The van der Waals surface area contributed by atoms with Gasteiger partial charge in [-0.15, -0.1) is 0 Å². The van der Waals surface area contributed by atoms with E-state index >= 15 is 0 Å². The molecular weight excluding hydrogens is 256 g/mol.